The molecule has 154 valence electrons. The summed E-state index contributed by atoms with van der Waals surface area (Å²) >= 11 is 7.85. The highest BCUT2D eigenvalue weighted by molar-refractivity contribution is 7.99. The van der Waals surface area contributed by atoms with Crippen molar-refractivity contribution in [2.75, 3.05) is 0 Å². The summed E-state index contributed by atoms with van der Waals surface area (Å²) in [5.41, 5.74) is 1.79. The molecule has 0 N–H and O–H groups in total. The largest absolute Gasteiger partial charge is 0.489 e. The second-order valence-corrected chi connectivity index (χ2v) is 8.19. The van der Waals surface area contributed by atoms with E-state index in [1.807, 2.05) is 49.4 Å². The fourth-order valence-corrected chi connectivity index (χ4v) is 3.56. The Bertz CT molecular complexity index is 1040. The van der Waals surface area contributed by atoms with Crippen LogP contribution < -0.4 is 4.74 Å². The van der Waals surface area contributed by atoms with E-state index < -0.39 is 4.92 Å². The van der Waals surface area contributed by atoms with Gasteiger partial charge < -0.3 is 4.74 Å². The van der Waals surface area contributed by atoms with Crippen molar-refractivity contribution in [1.82, 2.24) is 0 Å². The Morgan fingerprint density at radius 3 is 2.30 bits per heavy atom. The molecule has 0 bridgehead atoms. The van der Waals surface area contributed by atoms with Gasteiger partial charge in [0.25, 0.3) is 5.69 Å². The van der Waals surface area contributed by atoms with Gasteiger partial charge in [-0.2, -0.15) is 0 Å². The zero-order valence-corrected chi connectivity index (χ0v) is 18.2. The van der Waals surface area contributed by atoms with E-state index in [4.69, 9.17) is 16.3 Å². The van der Waals surface area contributed by atoms with Crippen LogP contribution in [0.1, 0.15) is 25.8 Å². The third-order valence-electron chi connectivity index (χ3n) is 4.34. The van der Waals surface area contributed by atoms with Crippen LogP contribution in [0.3, 0.4) is 0 Å². The Balaban J connectivity index is 1.63. The van der Waals surface area contributed by atoms with Gasteiger partial charge in [0.15, 0.2) is 0 Å². The molecule has 0 amide bonds. The minimum atomic E-state index is -0.402. The van der Waals surface area contributed by atoms with Crippen molar-refractivity contribution in [3.63, 3.8) is 0 Å². The first kappa shape index (κ1) is 21.9. The Kier molecular flexibility index (Phi) is 7.49. The van der Waals surface area contributed by atoms with Gasteiger partial charge in [0.2, 0.25) is 0 Å². The number of hydrogen-bond donors (Lipinski definition) is 0. The summed E-state index contributed by atoms with van der Waals surface area (Å²) in [4.78, 5) is 16.8. The molecule has 0 aromatic heterocycles. The minimum Gasteiger partial charge on any atom is -0.489 e. The molecule has 0 saturated carbocycles. The third kappa shape index (κ3) is 6.08. The number of hydrogen-bond acceptors (Lipinski definition) is 5. The highest BCUT2D eigenvalue weighted by Crippen LogP contribution is 2.30. The molecule has 0 aliphatic carbocycles. The number of non-ortho nitro benzene ring substituents is 1. The highest BCUT2D eigenvalue weighted by atomic mass is 35.5. The number of aliphatic imine (C=N–C) groups is 1. The highest BCUT2D eigenvalue weighted by Gasteiger charge is 2.07. The van der Waals surface area contributed by atoms with Crippen LogP contribution in [0, 0.1) is 10.1 Å². The maximum atomic E-state index is 10.7. The van der Waals surface area contributed by atoms with E-state index in [2.05, 4.69) is 11.9 Å². The molecule has 0 aliphatic heterocycles. The molecule has 30 heavy (non-hydrogen) atoms. The molecule has 0 saturated heterocycles. The Hall–Kier alpha value is -2.83. The lowest BCUT2D eigenvalue weighted by Crippen LogP contribution is -2.09. The van der Waals surface area contributed by atoms with Gasteiger partial charge in [0.05, 0.1) is 21.7 Å². The molecule has 3 rings (SSSR count). The maximum absolute atomic E-state index is 10.7. The number of nitro groups is 1. The molecule has 0 heterocycles. The van der Waals surface area contributed by atoms with Gasteiger partial charge in [-0.25, -0.2) is 0 Å². The van der Waals surface area contributed by atoms with E-state index in [1.54, 1.807) is 18.3 Å². The second kappa shape index (κ2) is 10.3. The first-order chi connectivity index (χ1) is 14.4. The first-order valence-corrected chi connectivity index (χ1v) is 10.7. The molecule has 0 fully saturated rings. The van der Waals surface area contributed by atoms with E-state index in [9.17, 15) is 10.1 Å². The standard InChI is InChI=1S/C23H21ClN2O3S/c1-3-16(2)29-23-13-4-17(14-22(23)24)15-25-18-5-9-20(10-6-18)30-21-11-7-19(8-12-21)26(27)28/h4-16H,3H2,1-2H3/t16-/m0/s1. The number of nitrogens with zero attached hydrogens (tertiary/aromatic N) is 2. The van der Waals surface area contributed by atoms with Crippen molar-refractivity contribution >= 4 is 41.0 Å². The van der Waals surface area contributed by atoms with Gasteiger partial charge >= 0.3 is 0 Å². The van der Waals surface area contributed by atoms with Crippen molar-refractivity contribution < 1.29 is 9.66 Å². The lowest BCUT2D eigenvalue weighted by Gasteiger charge is -2.13. The molecular weight excluding hydrogens is 420 g/mol. The maximum Gasteiger partial charge on any atom is 0.269 e. The smallest absolute Gasteiger partial charge is 0.269 e. The molecule has 0 radical (unpaired) electrons. The lowest BCUT2D eigenvalue weighted by atomic mass is 10.2. The molecule has 0 aliphatic rings. The van der Waals surface area contributed by atoms with Crippen molar-refractivity contribution in [2.45, 2.75) is 36.2 Å². The van der Waals surface area contributed by atoms with Gasteiger partial charge in [-0.3, -0.25) is 15.1 Å². The molecular formula is C23H21ClN2O3S. The van der Waals surface area contributed by atoms with Crippen LogP contribution in [-0.4, -0.2) is 17.2 Å². The van der Waals surface area contributed by atoms with E-state index in [-0.39, 0.29) is 11.8 Å². The fourth-order valence-electron chi connectivity index (χ4n) is 2.51. The van der Waals surface area contributed by atoms with Crippen LogP contribution in [0.2, 0.25) is 5.02 Å². The SMILES string of the molecule is CC[C@H](C)Oc1ccc(C=Nc2ccc(Sc3ccc([N+](=O)[O-])cc3)cc2)cc1Cl. The predicted octanol–water partition coefficient (Wildman–Crippen LogP) is 7.33. The van der Waals surface area contributed by atoms with Gasteiger partial charge in [0.1, 0.15) is 5.75 Å². The molecule has 3 aromatic carbocycles. The topological polar surface area (TPSA) is 64.7 Å². The first-order valence-electron chi connectivity index (χ1n) is 9.47. The average Bonchev–Trinajstić information content (AvgIpc) is 2.75. The number of rotatable bonds is 8. The summed E-state index contributed by atoms with van der Waals surface area (Å²) in [7, 11) is 0. The Labute approximate surface area is 184 Å². The zero-order chi connectivity index (χ0) is 21.5. The van der Waals surface area contributed by atoms with Crippen LogP contribution in [0.25, 0.3) is 0 Å². The van der Waals surface area contributed by atoms with E-state index in [1.165, 1.54) is 23.9 Å². The van der Waals surface area contributed by atoms with Crippen molar-refractivity contribution in [2.24, 2.45) is 4.99 Å². The molecule has 3 aromatic rings. The summed E-state index contributed by atoms with van der Waals surface area (Å²) in [6.45, 7) is 4.07. The third-order valence-corrected chi connectivity index (χ3v) is 5.65. The summed E-state index contributed by atoms with van der Waals surface area (Å²) in [5.74, 6) is 0.677. The van der Waals surface area contributed by atoms with Crippen LogP contribution in [0.4, 0.5) is 11.4 Å². The summed E-state index contributed by atoms with van der Waals surface area (Å²) in [5, 5.41) is 11.3. The monoisotopic (exact) mass is 440 g/mol. The normalized spacial score (nSPS) is 12.1. The number of benzene rings is 3. The van der Waals surface area contributed by atoms with Gasteiger partial charge in [-0.15, -0.1) is 0 Å². The lowest BCUT2D eigenvalue weighted by molar-refractivity contribution is -0.384. The molecule has 7 heteroatoms. The van der Waals surface area contributed by atoms with Crippen molar-refractivity contribution in [1.29, 1.82) is 0 Å². The van der Waals surface area contributed by atoms with E-state index >= 15 is 0 Å². The number of nitro benzene ring substituents is 1. The van der Waals surface area contributed by atoms with Crippen LogP contribution in [-0.2, 0) is 0 Å². The number of halogens is 1. The fraction of sp³-hybridized carbons (Fsp3) is 0.174. The molecule has 5 nitrogen and oxygen atoms in total. The van der Waals surface area contributed by atoms with E-state index in [0.29, 0.717) is 10.8 Å². The predicted molar refractivity (Wildman–Crippen MR) is 123 cm³/mol. The quantitative estimate of drug-likeness (QED) is 0.209. The Morgan fingerprint density at radius 1 is 1.10 bits per heavy atom. The molecule has 0 spiro atoms. The summed E-state index contributed by atoms with van der Waals surface area (Å²) in [6, 6.07) is 19.9. The zero-order valence-electron chi connectivity index (χ0n) is 16.6. The van der Waals surface area contributed by atoms with Crippen LogP contribution >= 0.6 is 23.4 Å². The van der Waals surface area contributed by atoms with Crippen molar-refractivity contribution in [3.05, 3.63) is 87.4 Å². The summed E-state index contributed by atoms with van der Waals surface area (Å²) < 4.78 is 5.78. The van der Waals surface area contributed by atoms with Crippen LogP contribution in [0.15, 0.2) is 81.5 Å². The van der Waals surface area contributed by atoms with Gasteiger partial charge in [0, 0.05) is 28.1 Å². The van der Waals surface area contributed by atoms with Gasteiger partial charge in [-0.05, 0) is 73.5 Å². The average molecular weight is 441 g/mol. The van der Waals surface area contributed by atoms with Gasteiger partial charge in [-0.1, -0.05) is 30.3 Å². The van der Waals surface area contributed by atoms with E-state index in [0.717, 1.165) is 27.5 Å². The van der Waals surface area contributed by atoms with Crippen LogP contribution in [0.5, 0.6) is 5.75 Å². The second-order valence-electron chi connectivity index (χ2n) is 6.63. The molecule has 1 atom stereocenters. The van der Waals surface area contributed by atoms with Crippen molar-refractivity contribution in [3.8, 4) is 5.75 Å². The summed E-state index contributed by atoms with van der Waals surface area (Å²) in [6.07, 6.45) is 2.79. The minimum absolute atomic E-state index is 0.0867. The molecule has 0 unspecified atom stereocenters. The Morgan fingerprint density at radius 2 is 1.73 bits per heavy atom. The number of ether oxygens (including phenoxy) is 1.